The molecule has 1 heterocycles. The highest BCUT2D eigenvalue weighted by Crippen LogP contribution is 2.30. The number of nitrogen functional groups attached to an aromatic ring is 1. The third-order valence-electron chi connectivity index (χ3n) is 2.48. The quantitative estimate of drug-likeness (QED) is 0.694. The lowest BCUT2D eigenvalue weighted by Crippen LogP contribution is -2.33. The smallest absolute Gasteiger partial charge is 0.231 e. The number of nitrogens with two attached hydrogens (primary N) is 1. The molecule has 0 aromatic heterocycles. The van der Waals surface area contributed by atoms with E-state index in [1.807, 2.05) is 12.1 Å². The monoisotopic (exact) mass is 206 g/mol. The summed E-state index contributed by atoms with van der Waals surface area (Å²) in [6.07, 6.45) is -0.134. The van der Waals surface area contributed by atoms with Gasteiger partial charge in [-0.2, -0.15) is 0 Å². The Labute approximate surface area is 88.3 Å². The third-order valence-corrected chi connectivity index (χ3v) is 2.48. The van der Waals surface area contributed by atoms with Crippen molar-refractivity contribution in [1.82, 2.24) is 0 Å². The Balaban J connectivity index is 2.33. The van der Waals surface area contributed by atoms with Gasteiger partial charge in [0.2, 0.25) is 5.91 Å². The van der Waals surface area contributed by atoms with E-state index in [4.69, 9.17) is 5.73 Å². The maximum absolute atomic E-state index is 11.7. The Morgan fingerprint density at radius 3 is 3.00 bits per heavy atom. The minimum atomic E-state index is -0.516. The van der Waals surface area contributed by atoms with Crippen molar-refractivity contribution in [2.75, 3.05) is 17.2 Å². The summed E-state index contributed by atoms with van der Waals surface area (Å²) in [4.78, 5) is 13.3. The van der Waals surface area contributed by atoms with Gasteiger partial charge in [-0.05, 0) is 30.7 Å². The number of hydrogen-bond donors (Lipinski definition) is 2. The molecular weight excluding hydrogens is 192 g/mol. The molecule has 1 aliphatic rings. The molecule has 3 N–H and O–H groups in total. The Morgan fingerprint density at radius 1 is 1.60 bits per heavy atom. The highest BCUT2D eigenvalue weighted by molar-refractivity contribution is 6.01. The van der Waals surface area contributed by atoms with Gasteiger partial charge in [-0.1, -0.05) is 0 Å². The first-order chi connectivity index (χ1) is 7.08. The lowest BCUT2D eigenvalue weighted by Gasteiger charge is -2.19. The average Bonchev–Trinajstić information content (AvgIpc) is 2.41. The van der Waals surface area contributed by atoms with Crippen LogP contribution in [0, 0.1) is 0 Å². The van der Waals surface area contributed by atoms with Crippen molar-refractivity contribution in [2.24, 2.45) is 0 Å². The van der Waals surface area contributed by atoms with Crippen LogP contribution in [-0.4, -0.2) is 23.7 Å². The Kier molecular flexibility index (Phi) is 2.36. The number of β-amino-alcohol motifs (C(OH)–C–C–N with tert-alkyl or cyclic N) is 1. The standard InChI is InChI=1S/C11H14N2O2/c1-7(14)6-13-10-3-2-9(12)4-8(10)5-11(13)15/h2-4,7,14H,5-6,12H2,1H3. The van der Waals surface area contributed by atoms with Gasteiger partial charge in [0.25, 0.3) is 0 Å². The van der Waals surface area contributed by atoms with Gasteiger partial charge >= 0.3 is 0 Å². The van der Waals surface area contributed by atoms with Crippen LogP contribution in [-0.2, 0) is 11.2 Å². The summed E-state index contributed by atoms with van der Waals surface area (Å²) in [5.41, 5.74) is 8.13. The molecule has 0 spiro atoms. The van der Waals surface area contributed by atoms with Crippen molar-refractivity contribution in [3.63, 3.8) is 0 Å². The molecule has 0 saturated carbocycles. The number of rotatable bonds is 2. The summed E-state index contributed by atoms with van der Waals surface area (Å²) < 4.78 is 0. The summed E-state index contributed by atoms with van der Waals surface area (Å²) in [5, 5.41) is 9.29. The van der Waals surface area contributed by atoms with E-state index in [2.05, 4.69) is 0 Å². The number of fused-ring (bicyclic) bond motifs is 1. The normalized spacial score (nSPS) is 16.7. The lowest BCUT2D eigenvalue weighted by atomic mass is 10.1. The molecule has 4 heteroatoms. The van der Waals surface area contributed by atoms with Gasteiger partial charge in [0.15, 0.2) is 0 Å². The molecule has 1 atom stereocenters. The topological polar surface area (TPSA) is 66.6 Å². The fourth-order valence-electron chi connectivity index (χ4n) is 1.87. The molecule has 0 bridgehead atoms. The highest BCUT2D eigenvalue weighted by atomic mass is 16.3. The summed E-state index contributed by atoms with van der Waals surface area (Å²) in [6, 6.07) is 5.42. The largest absolute Gasteiger partial charge is 0.399 e. The second-order valence-corrected chi connectivity index (χ2v) is 3.92. The maximum atomic E-state index is 11.7. The Morgan fingerprint density at radius 2 is 2.33 bits per heavy atom. The van der Waals surface area contributed by atoms with Crippen LogP contribution in [0.5, 0.6) is 0 Å². The number of aliphatic hydroxyl groups excluding tert-OH is 1. The third kappa shape index (κ3) is 1.80. The molecule has 0 radical (unpaired) electrons. The van der Waals surface area contributed by atoms with E-state index >= 15 is 0 Å². The number of nitrogens with zero attached hydrogens (tertiary/aromatic N) is 1. The van der Waals surface area contributed by atoms with Crippen molar-refractivity contribution < 1.29 is 9.90 Å². The number of aliphatic hydroxyl groups is 1. The number of amides is 1. The van der Waals surface area contributed by atoms with E-state index in [0.29, 0.717) is 18.7 Å². The van der Waals surface area contributed by atoms with Gasteiger partial charge in [-0.25, -0.2) is 0 Å². The van der Waals surface area contributed by atoms with Gasteiger partial charge < -0.3 is 15.7 Å². The van der Waals surface area contributed by atoms with Crippen molar-refractivity contribution in [3.05, 3.63) is 23.8 Å². The molecule has 15 heavy (non-hydrogen) atoms. The van der Waals surface area contributed by atoms with Crippen molar-refractivity contribution in [2.45, 2.75) is 19.4 Å². The molecule has 1 aromatic carbocycles. The molecule has 0 aliphatic carbocycles. The highest BCUT2D eigenvalue weighted by Gasteiger charge is 2.27. The van der Waals surface area contributed by atoms with E-state index < -0.39 is 6.10 Å². The summed E-state index contributed by atoms with van der Waals surface area (Å²) >= 11 is 0. The van der Waals surface area contributed by atoms with Crippen molar-refractivity contribution >= 4 is 17.3 Å². The Hall–Kier alpha value is -1.55. The van der Waals surface area contributed by atoms with Crippen molar-refractivity contribution in [1.29, 1.82) is 0 Å². The van der Waals surface area contributed by atoms with Crippen LogP contribution in [0.25, 0.3) is 0 Å². The average molecular weight is 206 g/mol. The summed E-state index contributed by atoms with van der Waals surface area (Å²) in [5.74, 6) is 0.0245. The number of hydrogen-bond acceptors (Lipinski definition) is 3. The van der Waals surface area contributed by atoms with Crippen LogP contribution in [0.3, 0.4) is 0 Å². The molecular formula is C11H14N2O2. The van der Waals surface area contributed by atoms with E-state index in [-0.39, 0.29) is 5.91 Å². The first kappa shape index (κ1) is 9.98. The van der Waals surface area contributed by atoms with Gasteiger partial charge in [-0.3, -0.25) is 4.79 Å². The second kappa shape index (κ2) is 3.55. The maximum Gasteiger partial charge on any atom is 0.231 e. The van der Waals surface area contributed by atoms with E-state index in [0.717, 1.165) is 11.3 Å². The molecule has 80 valence electrons. The number of benzene rings is 1. The number of anilines is 2. The zero-order chi connectivity index (χ0) is 11.0. The van der Waals surface area contributed by atoms with Crippen LogP contribution in [0.4, 0.5) is 11.4 Å². The molecule has 1 aliphatic heterocycles. The van der Waals surface area contributed by atoms with Gasteiger partial charge in [-0.15, -0.1) is 0 Å². The fraction of sp³-hybridized carbons (Fsp3) is 0.364. The van der Waals surface area contributed by atoms with E-state index in [1.165, 1.54) is 0 Å². The molecule has 1 unspecified atom stereocenters. The molecule has 4 nitrogen and oxygen atoms in total. The first-order valence-corrected chi connectivity index (χ1v) is 4.95. The van der Waals surface area contributed by atoms with Gasteiger partial charge in [0.1, 0.15) is 0 Å². The minimum Gasteiger partial charge on any atom is -0.399 e. The first-order valence-electron chi connectivity index (χ1n) is 4.95. The summed E-state index contributed by atoms with van der Waals surface area (Å²) in [6.45, 7) is 2.01. The van der Waals surface area contributed by atoms with Gasteiger partial charge in [0, 0.05) is 11.4 Å². The van der Waals surface area contributed by atoms with Crippen LogP contribution >= 0.6 is 0 Å². The van der Waals surface area contributed by atoms with E-state index in [1.54, 1.807) is 17.9 Å². The van der Waals surface area contributed by atoms with E-state index in [9.17, 15) is 9.90 Å². The number of carbonyl (C=O) groups is 1. The minimum absolute atomic E-state index is 0.0245. The SMILES string of the molecule is CC(O)CN1C(=O)Cc2cc(N)ccc21. The molecule has 1 aromatic rings. The molecule has 1 amide bonds. The number of carbonyl (C=O) groups excluding carboxylic acids is 1. The van der Waals surface area contributed by atoms with Crippen LogP contribution in [0.15, 0.2) is 18.2 Å². The summed E-state index contributed by atoms with van der Waals surface area (Å²) in [7, 11) is 0. The van der Waals surface area contributed by atoms with Crippen molar-refractivity contribution in [3.8, 4) is 0 Å². The molecule has 0 saturated heterocycles. The fourth-order valence-corrected chi connectivity index (χ4v) is 1.87. The predicted octanol–water partition coefficient (Wildman–Crippen LogP) is 0.539. The molecule has 2 rings (SSSR count). The zero-order valence-electron chi connectivity index (χ0n) is 8.60. The molecule has 0 fully saturated rings. The van der Waals surface area contributed by atoms with Gasteiger partial charge in [0.05, 0.1) is 19.1 Å². The Bertz CT molecular complexity index is 402. The van der Waals surface area contributed by atoms with Crippen LogP contribution in [0.2, 0.25) is 0 Å². The van der Waals surface area contributed by atoms with Crippen LogP contribution < -0.4 is 10.6 Å². The van der Waals surface area contributed by atoms with Crippen LogP contribution in [0.1, 0.15) is 12.5 Å². The zero-order valence-corrected chi connectivity index (χ0v) is 8.60. The predicted molar refractivity (Wildman–Crippen MR) is 58.6 cm³/mol. The lowest BCUT2D eigenvalue weighted by molar-refractivity contribution is -0.117. The second-order valence-electron chi connectivity index (χ2n) is 3.92.